The van der Waals surface area contributed by atoms with Crippen molar-refractivity contribution >= 4 is 55.4 Å². The minimum atomic E-state index is -0.106. The Kier molecular flexibility index (Phi) is 6.99. The van der Waals surface area contributed by atoms with Crippen LogP contribution >= 0.6 is 0 Å². The minimum absolute atomic E-state index is 0.106. The van der Waals surface area contributed by atoms with Crippen molar-refractivity contribution in [3.05, 3.63) is 186 Å². The number of nitrogens with zero attached hydrogens (tertiary/aromatic N) is 3. The van der Waals surface area contributed by atoms with Crippen LogP contribution in [-0.4, -0.2) is 16.2 Å². The first-order chi connectivity index (χ1) is 26.0. The largest absolute Gasteiger partial charge is 0.456 e. The summed E-state index contributed by atoms with van der Waals surface area (Å²) in [5, 5.41) is 4.67. The van der Waals surface area contributed by atoms with E-state index in [1.807, 2.05) is 66.7 Å². The van der Waals surface area contributed by atoms with Crippen LogP contribution < -0.4 is 5.73 Å². The number of benzene rings is 7. The third-order valence-electron chi connectivity index (χ3n) is 10.9. The molecule has 1 aliphatic carbocycles. The quantitative estimate of drug-likeness (QED) is 0.145. The number of amidine groups is 2. The van der Waals surface area contributed by atoms with Gasteiger partial charge in [0.25, 0.3) is 0 Å². The van der Waals surface area contributed by atoms with Crippen LogP contribution in [0.1, 0.15) is 41.7 Å². The van der Waals surface area contributed by atoms with E-state index in [1.165, 1.54) is 44.1 Å². The molecule has 9 aromatic rings. The summed E-state index contributed by atoms with van der Waals surface area (Å²) in [6.45, 7) is 5.18. The van der Waals surface area contributed by atoms with Gasteiger partial charge in [-0.3, -0.25) is 4.99 Å². The molecule has 1 aliphatic rings. The topological polar surface area (TPSA) is 68.8 Å². The van der Waals surface area contributed by atoms with Crippen LogP contribution in [0, 0.1) is 0 Å². The van der Waals surface area contributed by atoms with Gasteiger partial charge in [0.2, 0.25) is 0 Å². The summed E-state index contributed by atoms with van der Waals surface area (Å²) in [7, 11) is 0. The fourth-order valence-corrected chi connectivity index (χ4v) is 8.37. The summed E-state index contributed by atoms with van der Waals surface area (Å²) in [5.74, 6) is 0.989. The van der Waals surface area contributed by atoms with Gasteiger partial charge in [-0.15, -0.1) is 0 Å². The summed E-state index contributed by atoms with van der Waals surface area (Å²) in [6.07, 6.45) is 0. The van der Waals surface area contributed by atoms with Gasteiger partial charge < -0.3 is 14.7 Å². The van der Waals surface area contributed by atoms with Crippen molar-refractivity contribution in [3.63, 3.8) is 0 Å². The lowest BCUT2D eigenvalue weighted by Gasteiger charge is -2.22. The Morgan fingerprint density at radius 2 is 1.34 bits per heavy atom. The molecule has 2 N–H and O–H groups in total. The zero-order valence-corrected chi connectivity index (χ0v) is 29.5. The molecule has 2 aromatic heterocycles. The second-order valence-electron chi connectivity index (χ2n) is 14.4. The van der Waals surface area contributed by atoms with E-state index in [4.69, 9.17) is 20.1 Å². The number of para-hydroxylation sites is 2. The molecule has 0 saturated carbocycles. The first kappa shape index (κ1) is 31.1. The number of rotatable bonds is 5. The lowest BCUT2D eigenvalue weighted by Crippen LogP contribution is -2.16. The highest BCUT2D eigenvalue weighted by Crippen LogP contribution is 2.53. The van der Waals surface area contributed by atoms with Crippen molar-refractivity contribution in [2.45, 2.75) is 25.8 Å². The molecule has 0 saturated heterocycles. The number of aromatic nitrogens is 1. The molecule has 0 amide bonds. The second-order valence-corrected chi connectivity index (χ2v) is 14.4. The van der Waals surface area contributed by atoms with Gasteiger partial charge in [-0.25, -0.2) is 4.99 Å². The zero-order chi connectivity index (χ0) is 35.7. The van der Waals surface area contributed by atoms with Gasteiger partial charge in [0.15, 0.2) is 5.84 Å². The van der Waals surface area contributed by atoms with E-state index < -0.39 is 0 Å². The van der Waals surface area contributed by atoms with Crippen molar-refractivity contribution in [1.82, 2.24) is 4.57 Å². The van der Waals surface area contributed by atoms with Crippen molar-refractivity contribution < 1.29 is 4.42 Å². The Bertz CT molecular complexity index is 2940. The molecule has 0 atom stereocenters. The molecular formula is C48H36N4O. The third-order valence-corrected chi connectivity index (χ3v) is 10.9. The highest BCUT2D eigenvalue weighted by molar-refractivity contribution is 6.15. The van der Waals surface area contributed by atoms with E-state index >= 15 is 0 Å². The predicted molar refractivity (Wildman–Crippen MR) is 219 cm³/mol. The molecule has 5 nitrogen and oxygen atoms in total. The molecule has 0 unspecified atom stereocenters. The average molecular weight is 685 g/mol. The number of hydrogen-bond donors (Lipinski definition) is 1. The average Bonchev–Trinajstić information content (AvgIpc) is 3.82. The van der Waals surface area contributed by atoms with Crippen LogP contribution in [0.4, 0.5) is 0 Å². The molecule has 0 bridgehead atoms. The Hall–Kier alpha value is -6.72. The van der Waals surface area contributed by atoms with Crippen LogP contribution in [0.3, 0.4) is 0 Å². The Balaban J connectivity index is 1.01. The second kappa shape index (κ2) is 11.9. The maximum atomic E-state index is 6.68. The van der Waals surface area contributed by atoms with Crippen molar-refractivity contribution in [2.75, 3.05) is 0 Å². The Morgan fingerprint density at radius 3 is 2.19 bits per heavy atom. The number of aliphatic imine (C=N–C) groups is 2. The maximum absolute atomic E-state index is 6.68. The lowest BCUT2D eigenvalue weighted by molar-refractivity contribution is 0.666. The molecule has 2 heterocycles. The van der Waals surface area contributed by atoms with E-state index in [0.717, 1.165) is 44.3 Å². The van der Waals surface area contributed by atoms with E-state index in [-0.39, 0.29) is 5.41 Å². The summed E-state index contributed by atoms with van der Waals surface area (Å²) >= 11 is 0. The minimum Gasteiger partial charge on any atom is -0.456 e. The van der Waals surface area contributed by atoms with E-state index in [2.05, 4.69) is 109 Å². The predicted octanol–water partition coefficient (Wildman–Crippen LogP) is 11.3. The van der Waals surface area contributed by atoms with E-state index in [9.17, 15) is 0 Å². The fraction of sp³-hybridized carbons (Fsp3) is 0.0833. The maximum Gasteiger partial charge on any atom is 0.157 e. The molecule has 254 valence electrons. The molecule has 0 spiro atoms. The third kappa shape index (κ3) is 4.92. The van der Waals surface area contributed by atoms with Crippen LogP contribution in [0.25, 0.3) is 60.6 Å². The highest BCUT2D eigenvalue weighted by atomic mass is 16.3. The zero-order valence-electron chi connectivity index (χ0n) is 29.5. The van der Waals surface area contributed by atoms with Gasteiger partial charge in [0.05, 0.1) is 17.6 Å². The van der Waals surface area contributed by atoms with Crippen molar-refractivity contribution in [1.29, 1.82) is 0 Å². The number of fused-ring (bicyclic) bond motifs is 10. The van der Waals surface area contributed by atoms with Crippen LogP contribution in [-0.2, 0) is 12.0 Å². The molecule has 0 radical (unpaired) electrons. The normalized spacial score (nSPS) is 14.0. The smallest absolute Gasteiger partial charge is 0.157 e. The van der Waals surface area contributed by atoms with Gasteiger partial charge >= 0.3 is 0 Å². The number of hydrogen-bond acceptors (Lipinski definition) is 2. The number of furan rings is 1. The van der Waals surface area contributed by atoms with Crippen LogP contribution in [0.2, 0.25) is 0 Å². The Labute approximate surface area is 307 Å². The fourth-order valence-electron chi connectivity index (χ4n) is 8.37. The van der Waals surface area contributed by atoms with Gasteiger partial charge in [0.1, 0.15) is 17.0 Å². The molecular weight excluding hydrogens is 649 g/mol. The molecule has 0 aliphatic heterocycles. The van der Waals surface area contributed by atoms with Crippen molar-refractivity contribution in [3.8, 4) is 16.8 Å². The van der Waals surface area contributed by atoms with E-state index in [1.54, 1.807) is 0 Å². The molecule has 0 fully saturated rings. The molecule has 7 aromatic carbocycles. The highest BCUT2D eigenvalue weighted by Gasteiger charge is 2.37. The van der Waals surface area contributed by atoms with Gasteiger partial charge in [0, 0.05) is 43.8 Å². The Morgan fingerprint density at radius 1 is 0.623 bits per heavy atom. The summed E-state index contributed by atoms with van der Waals surface area (Å²) in [5.41, 5.74) is 20.1. The van der Waals surface area contributed by atoms with E-state index in [0.29, 0.717) is 18.2 Å². The lowest BCUT2D eigenvalue weighted by atomic mass is 9.80. The first-order valence-corrected chi connectivity index (χ1v) is 18.1. The number of nitrogens with two attached hydrogens (primary N) is 1. The van der Waals surface area contributed by atoms with Gasteiger partial charge in [-0.05, 0) is 76.3 Å². The van der Waals surface area contributed by atoms with Crippen molar-refractivity contribution in [2.24, 2.45) is 15.7 Å². The SMILES string of the molecule is CC1(C)c2ccccc2-c2ccc3c(c21)c1ccccc1n3-c1ccc(CN=C(N=C(N)c2ccc3oc4ccccc4c3c2)c2ccccc2)cc1. The summed E-state index contributed by atoms with van der Waals surface area (Å²) < 4.78 is 8.43. The molecule has 10 rings (SSSR count). The van der Waals surface area contributed by atoms with Crippen LogP contribution in [0.5, 0.6) is 0 Å². The van der Waals surface area contributed by atoms with Gasteiger partial charge in [-0.2, -0.15) is 0 Å². The standard InChI is InChI=1S/C48H36N4O/c1-48(2)39-17-9-6-14-34(39)36-25-26-41-44(45(36)48)37-16-7-10-18-40(37)52(41)33-23-20-30(21-24-33)29-50-47(31-12-4-3-5-13-31)51-46(49)32-22-27-43-38(28-32)35-15-8-11-19-42(35)53-43/h3-28H,29H2,1-2H3,(H2,49,50,51). The van der Waals surface area contributed by atoms with Gasteiger partial charge in [-0.1, -0.05) is 123 Å². The summed E-state index contributed by atoms with van der Waals surface area (Å²) in [6, 6.07) is 55.0. The summed E-state index contributed by atoms with van der Waals surface area (Å²) in [4.78, 5) is 9.92. The molecule has 5 heteroatoms. The molecule has 53 heavy (non-hydrogen) atoms. The first-order valence-electron chi connectivity index (χ1n) is 18.1. The van der Waals surface area contributed by atoms with Crippen LogP contribution in [0.15, 0.2) is 172 Å². The monoisotopic (exact) mass is 684 g/mol.